The average molecular weight is 225 g/mol. The van der Waals surface area contributed by atoms with Gasteiger partial charge in [0.2, 0.25) is 5.89 Å². The normalized spacial score (nSPS) is 10.8. The molecule has 1 heterocycles. The van der Waals surface area contributed by atoms with Crippen molar-refractivity contribution in [3.8, 4) is 0 Å². The Hall–Kier alpha value is -1.69. The molecule has 0 unspecified atom stereocenters. The predicted octanol–water partition coefficient (Wildman–Crippen LogP) is 0.321. The van der Waals surface area contributed by atoms with E-state index >= 15 is 0 Å². The minimum absolute atomic E-state index is 0.318. The molecule has 1 aromatic rings. The second kappa shape index (κ2) is 7.58. The van der Waals surface area contributed by atoms with Crippen molar-refractivity contribution < 1.29 is 14.1 Å². The Kier molecular flexibility index (Phi) is 5.87. The van der Waals surface area contributed by atoms with Gasteiger partial charge in [-0.25, -0.2) is 4.79 Å². The van der Waals surface area contributed by atoms with Gasteiger partial charge in [0.1, 0.15) is 0 Å². The fourth-order valence-electron chi connectivity index (χ4n) is 1.03. The molecule has 1 N–H and O–H groups in total. The van der Waals surface area contributed by atoms with Crippen LogP contribution in [0.1, 0.15) is 12.8 Å². The van der Waals surface area contributed by atoms with E-state index in [4.69, 9.17) is 9.26 Å². The summed E-state index contributed by atoms with van der Waals surface area (Å²) in [5.74, 6) is 0.281. The predicted molar refractivity (Wildman–Crippen MR) is 56.6 cm³/mol. The zero-order valence-electron chi connectivity index (χ0n) is 9.18. The molecule has 0 bridgehead atoms. The largest absolute Gasteiger partial charge is 0.463 e. The first-order valence-corrected chi connectivity index (χ1v) is 5.12. The topological polar surface area (TPSA) is 77.2 Å². The molecule has 0 aliphatic carbocycles. The van der Waals surface area contributed by atoms with Crippen LogP contribution >= 0.6 is 0 Å². The molecule has 6 nitrogen and oxygen atoms in total. The Morgan fingerprint density at radius 1 is 1.69 bits per heavy atom. The minimum atomic E-state index is -0.318. The van der Waals surface area contributed by atoms with E-state index < -0.39 is 0 Å². The number of aromatic nitrogens is 2. The van der Waals surface area contributed by atoms with Crippen molar-refractivity contribution in [1.29, 1.82) is 0 Å². The molecule has 1 aromatic heterocycles. The van der Waals surface area contributed by atoms with E-state index in [0.29, 0.717) is 25.5 Å². The Labute approximate surface area is 93.7 Å². The zero-order chi connectivity index (χ0) is 11.6. The molecule has 16 heavy (non-hydrogen) atoms. The third-order valence-electron chi connectivity index (χ3n) is 1.73. The summed E-state index contributed by atoms with van der Waals surface area (Å²) < 4.78 is 9.54. The second-order valence-electron chi connectivity index (χ2n) is 2.94. The third kappa shape index (κ3) is 5.26. The summed E-state index contributed by atoms with van der Waals surface area (Å²) in [6, 6.07) is 0. The zero-order valence-corrected chi connectivity index (χ0v) is 9.18. The number of carbonyl (C=O) groups is 1. The van der Waals surface area contributed by atoms with Crippen molar-refractivity contribution in [2.45, 2.75) is 13.3 Å². The van der Waals surface area contributed by atoms with E-state index in [2.05, 4.69) is 15.5 Å². The summed E-state index contributed by atoms with van der Waals surface area (Å²) in [5.41, 5.74) is 0. The van der Waals surface area contributed by atoms with Crippen LogP contribution in [0.5, 0.6) is 0 Å². The van der Waals surface area contributed by atoms with Crippen LogP contribution in [-0.2, 0) is 16.0 Å². The lowest BCUT2D eigenvalue weighted by Crippen LogP contribution is -2.17. The molecule has 0 fully saturated rings. The monoisotopic (exact) mass is 225 g/mol. The summed E-state index contributed by atoms with van der Waals surface area (Å²) in [6.45, 7) is 3.49. The summed E-state index contributed by atoms with van der Waals surface area (Å²) in [5, 5.41) is 6.59. The lowest BCUT2D eigenvalue weighted by atomic mass is 10.4. The van der Waals surface area contributed by atoms with Crippen molar-refractivity contribution in [3.05, 3.63) is 24.4 Å². The van der Waals surface area contributed by atoms with E-state index in [1.165, 1.54) is 12.4 Å². The van der Waals surface area contributed by atoms with Crippen molar-refractivity contribution in [2.24, 2.45) is 0 Å². The highest BCUT2D eigenvalue weighted by atomic mass is 16.5. The number of esters is 1. The first kappa shape index (κ1) is 12.4. The number of hydrogen-bond acceptors (Lipinski definition) is 6. The second-order valence-corrected chi connectivity index (χ2v) is 2.94. The van der Waals surface area contributed by atoms with Gasteiger partial charge in [-0.3, -0.25) is 0 Å². The van der Waals surface area contributed by atoms with Crippen molar-refractivity contribution in [3.63, 3.8) is 0 Å². The molecule has 0 atom stereocenters. The molecule has 0 saturated carbocycles. The van der Waals surface area contributed by atoms with Crippen molar-refractivity contribution in [1.82, 2.24) is 15.5 Å². The Morgan fingerprint density at radius 2 is 2.56 bits per heavy atom. The molecule has 6 heteroatoms. The van der Waals surface area contributed by atoms with Gasteiger partial charge in [-0.15, -0.1) is 0 Å². The molecule has 0 saturated heterocycles. The molecule has 1 rings (SSSR count). The van der Waals surface area contributed by atoms with Gasteiger partial charge in [0.15, 0.2) is 6.33 Å². The van der Waals surface area contributed by atoms with Gasteiger partial charge < -0.3 is 14.6 Å². The number of carbonyl (C=O) groups excluding carboxylic acids is 1. The van der Waals surface area contributed by atoms with E-state index in [-0.39, 0.29) is 5.97 Å². The van der Waals surface area contributed by atoms with Crippen LogP contribution in [0.15, 0.2) is 23.0 Å². The van der Waals surface area contributed by atoms with Gasteiger partial charge in [0, 0.05) is 25.6 Å². The Balaban J connectivity index is 2.01. The smallest absolute Gasteiger partial charge is 0.330 e. The van der Waals surface area contributed by atoms with Gasteiger partial charge in [-0.05, 0) is 6.92 Å². The summed E-state index contributed by atoms with van der Waals surface area (Å²) in [7, 11) is 0. The molecule has 0 radical (unpaired) electrons. The molecule has 0 aromatic carbocycles. The van der Waals surface area contributed by atoms with Gasteiger partial charge in [0.05, 0.1) is 6.61 Å². The third-order valence-corrected chi connectivity index (χ3v) is 1.73. The summed E-state index contributed by atoms with van der Waals surface area (Å²) in [6.07, 6.45) is 5.16. The quantitative estimate of drug-likeness (QED) is 0.409. The van der Waals surface area contributed by atoms with E-state index in [1.807, 2.05) is 0 Å². The lowest BCUT2D eigenvalue weighted by Gasteiger charge is -1.98. The molecule has 88 valence electrons. The van der Waals surface area contributed by atoms with Crippen LogP contribution in [0.2, 0.25) is 0 Å². The number of nitrogens with zero attached hydrogens (tertiary/aromatic N) is 2. The first-order valence-electron chi connectivity index (χ1n) is 5.12. The van der Waals surface area contributed by atoms with Crippen LogP contribution < -0.4 is 5.32 Å². The number of nitrogens with one attached hydrogen (secondary N) is 1. The van der Waals surface area contributed by atoms with Crippen LogP contribution in [-0.4, -0.2) is 35.8 Å². The standard InChI is InChI=1S/C10H15N3O3/c1-2-15-10(14)4-3-6-11-7-5-9-12-8-13-16-9/h3-4,8,11H,2,5-7H2,1H3/b4-3+. The van der Waals surface area contributed by atoms with E-state index in [9.17, 15) is 4.79 Å². The molecular weight excluding hydrogens is 210 g/mol. The molecule has 0 aliphatic heterocycles. The van der Waals surface area contributed by atoms with Crippen molar-refractivity contribution in [2.75, 3.05) is 19.7 Å². The first-order chi connectivity index (χ1) is 7.83. The van der Waals surface area contributed by atoms with E-state index in [1.54, 1.807) is 13.0 Å². The highest BCUT2D eigenvalue weighted by Gasteiger charge is 1.96. The van der Waals surface area contributed by atoms with Crippen LogP contribution in [0, 0.1) is 0 Å². The molecular formula is C10H15N3O3. The summed E-state index contributed by atoms with van der Waals surface area (Å²) in [4.78, 5) is 14.8. The van der Waals surface area contributed by atoms with Gasteiger partial charge >= 0.3 is 5.97 Å². The van der Waals surface area contributed by atoms with E-state index in [0.717, 1.165) is 6.54 Å². The van der Waals surface area contributed by atoms with Crippen LogP contribution in [0.4, 0.5) is 0 Å². The maximum absolute atomic E-state index is 10.9. The maximum Gasteiger partial charge on any atom is 0.330 e. The number of rotatable bonds is 7. The van der Waals surface area contributed by atoms with Crippen LogP contribution in [0.25, 0.3) is 0 Å². The highest BCUT2D eigenvalue weighted by Crippen LogP contribution is 1.90. The van der Waals surface area contributed by atoms with Gasteiger partial charge in [-0.2, -0.15) is 4.98 Å². The average Bonchev–Trinajstić information content (AvgIpc) is 2.76. The number of ether oxygens (including phenoxy) is 1. The molecule has 0 spiro atoms. The molecule has 0 amide bonds. The van der Waals surface area contributed by atoms with Gasteiger partial charge in [-0.1, -0.05) is 11.2 Å². The lowest BCUT2D eigenvalue weighted by molar-refractivity contribution is -0.137. The maximum atomic E-state index is 10.9. The van der Waals surface area contributed by atoms with Gasteiger partial charge in [0.25, 0.3) is 0 Å². The van der Waals surface area contributed by atoms with Crippen molar-refractivity contribution >= 4 is 5.97 Å². The minimum Gasteiger partial charge on any atom is -0.463 e. The fraction of sp³-hybridized carbons (Fsp3) is 0.500. The Bertz CT molecular complexity index is 322. The fourth-order valence-corrected chi connectivity index (χ4v) is 1.03. The Morgan fingerprint density at radius 3 is 3.25 bits per heavy atom. The molecule has 0 aliphatic rings. The van der Waals surface area contributed by atoms with Crippen LogP contribution in [0.3, 0.4) is 0 Å². The number of hydrogen-bond donors (Lipinski definition) is 1. The highest BCUT2D eigenvalue weighted by molar-refractivity contribution is 5.81. The SMILES string of the molecule is CCOC(=O)/C=C/CNCCc1ncno1. The summed E-state index contributed by atoms with van der Waals surface area (Å²) >= 11 is 0.